The molecule has 0 aromatic heterocycles. The number of carbonyl (C=O) groups excluding carboxylic acids is 1. The van der Waals surface area contributed by atoms with Crippen LogP contribution in [0.5, 0.6) is 0 Å². The summed E-state index contributed by atoms with van der Waals surface area (Å²) in [6.07, 6.45) is 1.05. The van der Waals surface area contributed by atoms with Crippen molar-refractivity contribution in [2.24, 2.45) is 0 Å². The summed E-state index contributed by atoms with van der Waals surface area (Å²) in [6.45, 7) is 3.27. The van der Waals surface area contributed by atoms with Gasteiger partial charge in [0, 0.05) is 19.7 Å². The van der Waals surface area contributed by atoms with Crippen LogP contribution in [-0.2, 0) is 14.6 Å². The standard InChI is InChI=1S/C9H19NO4S/c1-9(2,7-11)10(3)8(12)5-6-15(4,13)14/h11H,5-7H2,1-4H3. The highest BCUT2D eigenvalue weighted by Gasteiger charge is 2.26. The molecule has 1 amide bonds. The van der Waals surface area contributed by atoms with E-state index in [1.54, 1.807) is 20.9 Å². The minimum absolute atomic E-state index is 0.0429. The van der Waals surface area contributed by atoms with Crippen molar-refractivity contribution in [3.05, 3.63) is 0 Å². The number of rotatable bonds is 5. The van der Waals surface area contributed by atoms with Gasteiger partial charge in [-0.1, -0.05) is 0 Å². The fourth-order valence-corrected chi connectivity index (χ4v) is 1.43. The minimum atomic E-state index is -3.11. The number of aliphatic hydroxyl groups is 1. The molecular formula is C9H19NO4S. The van der Waals surface area contributed by atoms with Gasteiger partial charge in [-0.3, -0.25) is 4.79 Å². The Morgan fingerprint density at radius 2 is 1.87 bits per heavy atom. The van der Waals surface area contributed by atoms with Crippen molar-refractivity contribution in [1.29, 1.82) is 0 Å². The molecular weight excluding hydrogens is 218 g/mol. The lowest BCUT2D eigenvalue weighted by Crippen LogP contribution is -2.48. The van der Waals surface area contributed by atoms with Gasteiger partial charge in [0.15, 0.2) is 0 Å². The van der Waals surface area contributed by atoms with E-state index in [0.717, 1.165) is 6.26 Å². The average Bonchev–Trinajstić information content (AvgIpc) is 2.11. The third-order valence-corrected chi connectivity index (χ3v) is 3.30. The van der Waals surface area contributed by atoms with E-state index in [0.29, 0.717) is 0 Å². The van der Waals surface area contributed by atoms with E-state index in [1.807, 2.05) is 0 Å². The summed E-state index contributed by atoms with van der Waals surface area (Å²) in [4.78, 5) is 12.9. The van der Waals surface area contributed by atoms with Crippen LogP contribution in [0.4, 0.5) is 0 Å². The molecule has 0 unspecified atom stereocenters. The monoisotopic (exact) mass is 237 g/mol. The minimum Gasteiger partial charge on any atom is -0.394 e. The van der Waals surface area contributed by atoms with Crippen molar-refractivity contribution >= 4 is 15.7 Å². The van der Waals surface area contributed by atoms with Crippen LogP contribution in [-0.4, -0.2) is 55.5 Å². The molecule has 0 saturated carbocycles. The fraction of sp³-hybridized carbons (Fsp3) is 0.889. The van der Waals surface area contributed by atoms with Gasteiger partial charge in [0.25, 0.3) is 0 Å². The fourth-order valence-electron chi connectivity index (χ4n) is 0.884. The maximum absolute atomic E-state index is 11.5. The number of amides is 1. The third kappa shape index (κ3) is 5.13. The number of likely N-dealkylation sites (N-methyl/N-ethyl adjacent to an activating group) is 1. The van der Waals surface area contributed by atoms with Gasteiger partial charge in [-0.15, -0.1) is 0 Å². The Labute approximate surface area is 91.0 Å². The Bertz CT molecular complexity index is 321. The van der Waals surface area contributed by atoms with Crippen LogP contribution >= 0.6 is 0 Å². The number of carbonyl (C=O) groups is 1. The van der Waals surface area contributed by atoms with E-state index < -0.39 is 15.4 Å². The van der Waals surface area contributed by atoms with Gasteiger partial charge in [-0.25, -0.2) is 8.42 Å². The van der Waals surface area contributed by atoms with Crippen LogP contribution < -0.4 is 0 Å². The Morgan fingerprint density at radius 1 is 1.40 bits per heavy atom. The molecule has 0 atom stereocenters. The molecule has 0 heterocycles. The second kappa shape index (κ2) is 4.94. The summed E-state index contributed by atoms with van der Waals surface area (Å²) in [5.41, 5.74) is -0.658. The van der Waals surface area contributed by atoms with Crippen molar-refractivity contribution in [1.82, 2.24) is 4.90 Å². The van der Waals surface area contributed by atoms with Crippen molar-refractivity contribution in [2.45, 2.75) is 25.8 Å². The van der Waals surface area contributed by atoms with E-state index >= 15 is 0 Å². The average molecular weight is 237 g/mol. The molecule has 0 aromatic rings. The molecule has 90 valence electrons. The highest BCUT2D eigenvalue weighted by molar-refractivity contribution is 7.90. The molecule has 0 rings (SSSR count). The summed E-state index contributed by atoms with van der Waals surface area (Å²) in [5, 5.41) is 9.03. The van der Waals surface area contributed by atoms with Gasteiger partial charge >= 0.3 is 0 Å². The van der Waals surface area contributed by atoms with E-state index in [1.165, 1.54) is 4.90 Å². The summed E-state index contributed by atoms with van der Waals surface area (Å²) in [7, 11) is -1.56. The second-order valence-corrected chi connectivity index (χ2v) is 6.56. The quantitative estimate of drug-likeness (QED) is 0.709. The summed E-state index contributed by atoms with van der Waals surface area (Å²) in [6, 6.07) is 0. The molecule has 0 saturated heterocycles. The summed E-state index contributed by atoms with van der Waals surface area (Å²) in [5.74, 6) is -0.433. The lowest BCUT2D eigenvalue weighted by atomic mass is 10.1. The van der Waals surface area contributed by atoms with Crippen molar-refractivity contribution in [2.75, 3.05) is 25.7 Å². The smallest absolute Gasteiger partial charge is 0.223 e. The first-order valence-corrected chi connectivity index (χ1v) is 6.71. The molecule has 0 bridgehead atoms. The van der Waals surface area contributed by atoms with Gasteiger partial charge in [-0.2, -0.15) is 0 Å². The lowest BCUT2D eigenvalue weighted by Gasteiger charge is -2.33. The summed E-state index contributed by atoms with van der Waals surface area (Å²) >= 11 is 0. The number of aliphatic hydroxyl groups excluding tert-OH is 1. The van der Waals surface area contributed by atoms with Crippen molar-refractivity contribution in [3.8, 4) is 0 Å². The highest BCUT2D eigenvalue weighted by atomic mass is 32.2. The molecule has 0 aliphatic heterocycles. The largest absolute Gasteiger partial charge is 0.394 e. The van der Waals surface area contributed by atoms with Gasteiger partial charge in [-0.05, 0) is 13.8 Å². The van der Waals surface area contributed by atoms with E-state index in [9.17, 15) is 13.2 Å². The molecule has 0 radical (unpaired) electrons. The van der Waals surface area contributed by atoms with Crippen molar-refractivity contribution < 1.29 is 18.3 Å². The molecule has 0 aromatic carbocycles. The number of hydrogen-bond donors (Lipinski definition) is 1. The van der Waals surface area contributed by atoms with Crippen LogP contribution in [0.2, 0.25) is 0 Å². The zero-order chi connectivity index (χ0) is 12.3. The molecule has 15 heavy (non-hydrogen) atoms. The highest BCUT2D eigenvalue weighted by Crippen LogP contribution is 2.12. The molecule has 0 spiro atoms. The van der Waals surface area contributed by atoms with Crippen LogP contribution in [0.15, 0.2) is 0 Å². The van der Waals surface area contributed by atoms with Crippen LogP contribution in [0.25, 0.3) is 0 Å². The molecule has 0 aliphatic carbocycles. The van der Waals surface area contributed by atoms with Crippen LogP contribution in [0, 0.1) is 0 Å². The lowest BCUT2D eigenvalue weighted by molar-refractivity contribution is -0.135. The molecule has 6 heteroatoms. The number of nitrogens with zero attached hydrogens (tertiary/aromatic N) is 1. The predicted octanol–water partition coefficient (Wildman–Crippen LogP) is -0.350. The topological polar surface area (TPSA) is 74.7 Å². The van der Waals surface area contributed by atoms with E-state index in [2.05, 4.69) is 0 Å². The zero-order valence-corrected chi connectivity index (χ0v) is 10.5. The van der Waals surface area contributed by atoms with Gasteiger partial charge < -0.3 is 10.0 Å². The van der Waals surface area contributed by atoms with Crippen LogP contribution in [0.3, 0.4) is 0 Å². The molecule has 5 nitrogen and oxygen atoms in total. The van der Waals surface area contributed by atoms with E-state index in [-0.39, 0.29) is 24.7 Å². The maximum Gasteiger partial charge on any atom is 0.223 e. The van der Waals surface area contributed by atoms with Crippen LogP contribution in [0.1, 0.15) is 20.3 Å². The number of hydrogen-bond acceptors (Lipinski definition) is 4. The summed E-state index contributed by atoms with van der Waals surface area (Å²) < 4.78 is 21.7. The molecule has 0 fully saturated rings. The third-order valence-electron chi connectivity index (χ3n) is 2.36. The van der Waals surface area contributed by atoms with Gasteiger partial charge in [0.1, 0.15) is 9.84 Å². The Kier molecular flexibility index (Phi) is 4.73. The first-order valence-electron chi connectivity index (χ1n) is 4.65. The Morgan fingerprint density at radius 3 is 2.20 bits per heavy atom. The Balaban J connectivity index is 4.36. The zero-order valence-electron chi connectivity index (χ0n) is 9.65. The first kappa shape index (κ1) is 14.4. The SMILES string of the molecule is CN(C(=O)CCS(C)(=O)=O)C(C)(C)CO. The number of sulfone groups is 1. The normalized spacial score (nSPS) is 12.6. The van der Waals surface area contributed by atoms with E-state index in [4.69, 9.17) is 5.11 Å². The molecule has 0 aliphatic rings. The van der Waals surface area contributed by atoms with Gasteiger partial charge in [0.2, 0.25) is 5.91 Å². The first-order chi connectivity index (χ1) is 6.60. The molecule has 1 N–H and O–H groups in total. The Hall–Kier alpha value is -0.620. The second-order valence-electron chi connectivity index (χ2n) is 4.30. The van der Waals surface area contributed by atoms with Crippen molar-refractivity contribution in [3.63, 3.8) is 0 Å². The van der Waals surface area contributed by atoms with Gasteiger partial charge in [0.05, 0.1) is 17.9 Å². The predicted molar refractivity (Wildman–Crippen MR) is 58.3 cm³/mol. The maximum atomic E-state index is 11.5.